The summed E-state index contributed by atoms with van der Waals surface area (Å²) in [5.74, 6) is 0.917. The van der Waals surface area contributed by atoms with E-state index in [0.29, 0.717) is 0 Å². The zero-order valence-electron chi connectivity index (χ0n) is 7.46. The molecule has 0 aliphatic rings. The van der Waals surface area contributed by atoms with Crippen LogP contribution in [0.15, 0.2) is 33.6 Å². The first-order valence-corrected chi connectivity index (χ1v) is 5.06. The molecule has 2 N–H and O–H groups in total. The summed E-state index contributed by atoms with van der Waals surface area (Å²) in [5.41, 5.74) is 1.13. The summed E-state index contributed by atoms with van der Waals surface area (Å²) in [4.78, 5) is 0. The Hall–Kier alpha value is -1.07. The third kappa shape index (κ3) is 2.46. The van der Waals surface area contributed by atoms with Crippen molar-refractivity contribution < 1.29 is 4.42 Å². The number of hydrogen-bond donors (Lipinski definition) is 2. The molecule has 0 amide bonds. The second-order valence-electron chi connectivity index (χ2n) is 2.92. The molecule has 0 aliphatic heterocycles. The highest BCUT2D eigenvalue weighted by Gasteiger charge is 1.99. The molecule has 2 aromatic heterocycles. The van der Waals surface area contributed by atoms with Crippen LogP contribution in [0, 0.1) is 0 Å². The smallest absolute Gasteiger partial charge is 0.169 e. The molecule has 0 bridgehead atoms. The zero-order valence-corrected chi connectivity index (χ0v) is 9.04. The van der Waals surface area contributed by atoms with E-state index < -0.39 is 0 Å². The fourth-order valence-corrected chi connectivity index (χ4v) is 1.49. The Kier molecular flexibility index (Phi) is 3.00. The largest absolute Gasteiger partial charge is 0.453 e. The van der Waals surface area contributed by atoms with Crippen molar-refractivity contribution in [3.05, 3.63) is 40.5 Å². The summed E-state index contributed by atoms with van der Waals surface area (Å²) in [5, 5.41) is 9.86. The molecule has 2 aromatic rings. The highest BCUT2D eigenvalue weighted by atomic mass is 79.9. The predicted octanol–water partition coefficient (Wildman–Crippen LogP) is 2.05. The Morgan fingerprint density at radius 1 is 1.43 bits per heavy atom. The van der Waals surface area contributed by atoms with Crippen LogP contribution < -0.4 is 5.32 Å². The lowest BCUT2D eigenvalue weighted by molar-refractivity contribution is 0.465. The van der Waals surface area contributed by atoms with Crippen molar-refractivity contribution in [2.24, 2.45) is 0 Å². The van der Waals surface area contributed by atoms with E-state index in [0.717, 1.165) is 29.1 Å². The van der Waals surface area contributed by atoms with Gasteiger partial charge >= 0.3 is 0 Å². The number of aromatic nitrogens is 2. The maximum Gasteiger partial charge on any atom is 0.169 e. The monoisotopic (exact) mass is 255 g/mol. The van der Waals surface area contributed by atoms with Gasteiger partial charge in [0.15, 0.2) is 4.67 Å². The molecule has 0 saturated heterocycles. The predicted molar refractivity (Wildman–Crippen MR) is 55.5 cm³/mol. The summed E-state index contributed by atoms with van der Waals surface area (Å²) >= 11 is 3.25. The average Bonchev–Trinajstić information content (AvgIpc) is 2.77. The van der Waals surface area contributed by atoms with Gasteiger partial charge in [-0.25, -0.2) is 0 Å². The summed E-state index contributed by atoms with van der Waals surface area (Å²) in [7, 11) is 0. The normalized spacial score (nSPS) is 10.6. The molecule has 4 nitrogen and oxygen atoms in total. The highest BCUT2D eigenvalue weighted by molar-refractivity contribution is 9.10. The summed E-state index contributed by atoms with van der Waals surface area (Å²) < 4.78 is 6.10. The number of furan rings is 1. The fraction of sp³-hybridized carbons (Fsp3) is 0.222. The minimum absolute atomic E-state index is 0.719. The maximum atomic E-state index is 5.33. The number of halogens is 1. The number of nitrogens with one attached hydrogen (secondary N) is 2. The molecule has 2 rings (SSSR count). The zero-order chi connectivity index (χ0) is 9.80. The lowest BCUT2D eigenvalue weighted by Crippen LogP contribution is -2.11. The van der Waals surface area contributed by atoms with Crippen LogP contribution in [0.4, 0.5) is 0 Å². The van der Waals surface area contributed by atoms with Crippen LogP contribution in [-0.4, -0.2) is 10.2 Å². The highest BCUT2D eigenvalue weighted by Crippen LogP contribution is 2.13. The minimum atomic E-state index is 0.719. The third-order valence-electron chi connectivity index (χ3n) is 1.81. The summed E-state index contributed by atoms with van der Waals surface area (Å²) in [6.45, 7) is 1.51. The Bertz CT molecular complexity index is 382. The van der Waals surface area contributed by atoms with E-state index in [1.165, 1.54) is 0 Å². The third-order valence-corrected chi connectivity index (χ3v) is 2.24. The summed E-state index contributed by atoms with van der Waals surface area (Å²) in [6.07, 6.45) is 3.66. The molecule has 0 radical (unpaired) electrons. The van der Waals surface area contributed by atoms with Gasteiger partial charge in [0, 0.05) is 18.3 Å². The Labute approximate surface area is 89.8 Å². The molecular formula is C9H10BrN3O. The van der Waals surface area contributed by atoms with E-state index in [2.05, 4.69) is 31.4 Å². The van der Waals surface area contributed by atoms with Crippen molar-refractivity contribution in [1.82, 2.24) is 15.5 Å². The molecule has 0 unspecified atom stereocenters. The van der Waals surface area contributed by atoms with E-state index in [-0.39, 0.29) is 0 Å². The van der Waals surface area contributed by atoms with Gasteiger partial charge in [-0.3, -0.25) is 5.10 Å². The lowest BCUT2D eigenvalue weighted by atomic mass is 10.3. The van der Waals surface area contributed by atoms with Gasteiger partial charge in [-0.2, -0.15) is 5.10 Å². The van der Waals surface area contributed by atoms with Gasteiger partial charge in [0.1, 0.15) is 5.76 Å². The van der Waals surface area contributed by atoms with Gasteiger partial charge in [0.05, 0.1) is 12.7 Å². The number of nitrogens with zero attached hydrogens (tertiary/aromatic N) is 1. The second kappa shape index (κ2) is 4.43. The van der Waals surface area contributed by atoms with Crippen molar-refractivity contribution >= 4 is 15.9 Å². The van der Waals surface area contributed by atoms with E-state index in [1.54, 1.807) is 6.20 Å². The van der Waals surface area contributed by atoms with Crippen molar-refractivity contribution in [3.63, 3.8) is 0 Å². The molecule has 0 saturated carbocycles. The molecular weight excluding hydrogens is 246 g/mol. The first-order chi connectivity index (χ1) is 6.84. The van der Waals surface area contributed by atoms with Crippen LogP contribution in [0.3, 0.4) is 0 Å². The molecule has 0 fully saturated rings. The van der Waals surface area contributed by atoms with E-state index in [9.17, 15) is 0 Å². The van der Waals surface area contributed by atoms with Crippen molar-refractivity contribution in [2.45, 2.75) is 13.1 Å². The van der Waals surface area contributed by atoms with E-state index in [1.807, 2.05) is 18.3 Å². The quantitative estimate of drug-likeness (QED) is 0.880. The lowest BCUT2D eigenvalue weighted by Gasteiger charge is -1.98. The molecule has 2 heterocycles. The topological polar surface area (TPSA) is 53.9 Å². The average molecular weight is 256 g/mol. The number of aromatic amines is 1. The number of rotatable bonds is 4. The standard InChI is InChI=1S/C9H10BrN3O/c10-9-2-1-8(14-9)6-11-3-7-4-12-13-5-7/h1-2,4-5,11H,3,6H2,(H,12,13). The molecule has 0 aromatic carbocycles. The van der Waals surface area contributed by atoms with Gasteiger partial charge in [0.25, 0.3) is 0 Å². The Morgan fingerprint density at radius 2 is 2.36 bits per heavy atom. The molecule has 14 heavy (non-hydrogen) atoms. The van der Waals surface area contributed by atoms with Crippen LogP contribution in [-0.2, 0) is 13.1 Å². The minimum Gasteiger partial charge on any atom is -0.453 e. The Morgan fingerprint density at radius 3 is 3.00 bits per heavy atom. The van der Waals surface area contributed by atoms with Gasteiger partial charge in [0.2, 0.25) is 0 Å². The van der Waals surface area contributed by atoms with Gasteiger partial charge in [-0.15, -0.1) is 0 Å². The first kappa shape index (κ1) is 9.48. The van der Waals surface area contributed by atoms with Crippen LogP contribution in [0.2, 0.25) is 0 Å². The number of hydrogen-bond acceptors (Lipinski definition) is 3. The van der Waals surface area contributed by atoms with Crippen LogP contribution in [0.25, 0.3) is 0 Å². The fourth-order valence-electron chi connectivity index (χ4n) is 1.15. The maximum absolute atomic E-state index is 5.33. The summed E-state index contributed by atoms with van der Waals surface area (Å²) in [6, 6.07) is 3.82. The number of H-pyrrole nitrogens is 1. The molecule has 5 heteroatoms. The molecule has 0 atom stereocenters. The van der Waals surface area contributed by atoms with Crippen molar-refractivity contribution in [2.75, 3.05) is 0 Å². The Balaban J connectivity index is 1.78. The van der Waals surface area contributed by atoms with E-state index >= 15 is 0 Å². The van der Waals surface area contributed by atoms with Crippen LogP contribution in [0.1, 0.15) is 11.3 Å². The van der Waals surface area contributed by atoms with Crippen LogP contribution in [0.5, 0.6) is 0 Å². The first-order valence-electron chi connectivity index (χ1n) is 4.27. The van der Waals surface area contributed by atoms with E-state index in [4.69, 9.17) is 4.42 Å². The molecule has 0 aliphatic carbocycles. The van der Waals surface area contributed by atoms with Crippen molar-refractivity contribution in [1.29, 1.82) is 0 Å². The SMILES string of the molecule is Brc1ccc(CNCc2cn[nH]c2)o1. The van der Waals surface area contributed by atoms with Crippen molar-refractivity contribution in [3.8, 4) is 0 Å². The molecule has 74 valence electrons. The van der Waals surface area contributed by atoms with Gasteiger partial charge in [-0.1, -0.05) is 0 Å². The van der Waals surface area contributed by atoms with Crippen LogP contribution >= 0.6 is 15.9 Å². The second-order valence-corrected chi connectivity index (χ2v) is 3.70. The van der Waals surface area contributed by atoms with Gasteiger partial charge < -0.3 is 9.73 Å². The molecule has 0 spiro atoms. The van der Waals surface area contributed by atoms with Gasteiger partial charge in [-0.05, 0) is 28.1 Å².